The highest BCUT2D eigenvalue weighted by Gasteiger charge is 2.52. The molecule has 2 N–H and O–H groups in total. The number of hydrogen-bond acceptors (Lipinski definition) is 7. The lowest BCUT2D eigenvalue weighted by Crippen LogP contribution is -2.55. The summed E-state index contributed by atoms with van der Waals surface area (Å²) in [5.74, 6) is -1.67. The molecule has 2 aromatic rings. The van der Waals surface area contributed by atoms with E-state index in [0.717, 1.165) is 6.20 Å². The third kappa shape index (κ3) is 4.29. The molecular weight excluding hydrogens is 432 g/mol. The first-order valence-corrected chi connectivity index (χ1v) is 10.6. The van der Waals surface area contributed by atoms with E-state index in [1.165, 1.54) is 24.3 Å². The third-order valence-corrected chi connectivity index (χ3v) is 6.27. The van der Waals surface area contributed by atoms with Gasteiger partial charge in [0.15, 0.2) is 5.78 Å². The number of alkyl halides is 1. The number of pyridine rings is 1. The smallest absolute Gasteiger partial charge is 0.283 e. The van der Waals surface area contributed by atoms with Crippen molar-refractivity contribution in [3.8, 4) is 5.75 Å². The van der Waals surface area contributed by atoms with Gasteiger partial charge in [-0.05, 0) is 43.2 Å². The van der Waals surface area contributed by atoms with Crippen LogP contribution in [0.15, 0.2) is 35.5 Å². The monoisotopic (exact) mass is 462 g/mol. The van der Waals surface area contributed by atoms with Crippen LogP contribution in [0.5, 0.6) is 5.75 Å². The van der Waals surface area contributed by atoms with Crippen LogP contribution in [0, 0.1) is 18.7 Å². The van der Waals surface area contributed by atoms with Gasteiger partial charge in [-0.1, -0.05) is 6.07 Å². The van der Waals surface area contributed by atoms with E-state index in [2.05, 4.69) is 9.98 Å². The van der Waals surface area contributed by atoms with Crippen LogP contribution >= 0.6 is 0 Å². The van der Waals surface area contributed by atoms with Gasteiger partial charge in [-0.15, -0.1) is 0 Å². The minimum atomic E-state index is -2.65. The van der Waals surface area contributed by atoms with Crippen molar-refractivity contribution in [1.29, 1.82) is 0 Å². The molecule has 2 aliphatic heterocycles. The number of benzene rings is 1. The highest BCUT2D eigenvalue weighted by Crippen LogP contribution is 2.45. The van der Waals surface area contributed by atoms with E-state index in [1.807, 2.05) is 6.92 Å². The average Bonchev–Trinajstić information content (AvgIpc) is 2.78. The van der Waals surface area contributed by atoms with Crippen LogP contribution in [0.3, 0.4) is 0 Å². The van der Waals surface area contributed by atoms with E-state index < -0.39 is 37.1 Å². The van der Waals surface area contributed by atoms with Crippen LogP contribution in [0.25, 0.3) is 0 Å². The maximum absolute atomic E-state index is 15.1. The van der Waals surface area contributed by atoms with Gasteiger partial charge in [0.1, 0.15) is 35.6 Å². The van der Waals surface area contributed by atoms with E-state index in [9.17, 15) is 9.18 Å². The van der Waals surface area contributed by atoms with Crippen LogP contribution in [0.2, 0.25) is 0 Å². The molecule has 0 bridgehead atoms. The summed E-state index contributed by atoms with van der Waals surface area (Å²) in [6.45, 7) is 2.55. The fourth-order valence-corrected chi connectivity index (χ4v) is 4.61. The maximum Gasteiger partial charge on any atom is 0.283 e. The van der Waals surface area contributed by atoms with Crippen molar-refractivity contribution in [2.45, 2.75) is 44.4 Å². The number of fused-ring (bicyclic) bond motifs is 1. The highest BCUT2D eigenvalue weighted by atomic mass is 19.1. The van der Waals surface area contributed by atoms with Gasteiger partial charge in [-0.3, -0.25) is 4.79 Å². The molecule has 0 unspecified atom stereocenters. The molecule has 0 radical (unpaired) electrons. The Bertz CT molecular complexity index is 1190. The lowest BCUT2D eigenvalue weighted by molar-refractivity contribution is -0.109. The molecule has 1 saturated heterocycles. The number of amidine groups is 1. The molecule has 0 spiro atoms. The standard InChI is InChI=1S/C24H27F2N3O4/c1-13-6-16(31-3)10-28-22(13)20(30)9-15-4-5-19(26)17(8-15)24(12-25)18-11-32-14(2)7-21(18)33-23(27)29-24/h4-6,8,10,14,18,21H,7,9,11-12H2,1-3H3,(H2,27,29)/t14-,18+,21-,24-/m1/s1/i3D3. The summed E-state index contributed by atoms with van der Waals surface area (Å²) in [5.41, 5.74) is 5.15. The summed E-state index contributed by atoms with van der Waals surface area (Å²) < 4.78 is 67.6. The topological polar surface area (TPSA) is 96.0 Å². The van der Waals surface area contributed by atoms with Gasteiger partial charge >= 0.3 is 0 Å². The molecule has 9 heteroatoms. The number of ketones is 1. The fraction of sp³-hybridized carbons (Fsp3) is 0.458. The summed E-state index contributed by atoms with van der Waals surface area (Å²) in [6, 6.07) is 5.22. The molecule has 4 rings (SSSR count). The van der Waals surface area contributed by atoms with Crippen molar-refractivity contribution in [2.75, 3.05) is 20.3 Å². The minimum absolute atomic E-state index is 0.00606. The maximum atomic E-state index is 15.1. The largest absolute Gasteiger partial charge is 0.495 e. The molecule has 4 atom stereocenters. The Balaban J connectivity index is 1.64. The van der Waals surface area contributed by atoms with Gasteiger partial charge in [0.25, 0.3) is 6.02 Å². The number of rotatable bonds is 6. The molecule has 7 nitrogen and oxygen atoms in total. The zero-order valence-corrected chi connectivity index (χ0v) is 18.3. The molecule has 0 saturated carbocycles. The Kier molecular flexibility index (Phi) is 5.32. The van der Waals surface area contributed by atoms with Crippen molar-refractivity contribution in [2.24, 2.45) is 16.6 Å². The van der Waals surface area contributed by atoms with E-state index in [1.54, 1.807) is 6.92 Å². The molecule has 0 amide bonds. The van der Waals surface area contributed by atoms with Crippen LogP contribution < -0.4 is 10.5 Å². The van der Waals surface area contributed by atoms with Crippen LogP contribution in [0.4, 0.5) is 8.78 Å². The Morgan fingerprint density at radius 3 is 2.97 bits per heavy atom. The van der Waals surface area contributed by atoms with Crippen molar-refractivity contribution in [3.05, 3.63) is 58.7 Å². The second-order valence-corrected chi connectivity index (χ2v) is 8.50. The van der Waals surface area contributed by atoms with Crippen molar-refractivity contribution in [1.82, 2.24) is 4.98 Å². The normalized spacial score (nSPS) is 28.4. The fourth-order valence-electron chi connectivity index (χ4n) is 4.61. The van der Waals surface area contributed by atoms with Gasteiger partial charge in [0.2, 0.25) is 0 Å². The summed E-state index contributed by atoms with van der Waals surface area (Å²) in [7, 11) is -2.65. The molecule has 1 aromatic heterocycles. The van der Waals surface area contributed by atoms with E-state index in [0.29, 0.717) is 17.5 Å². The van der Waals surface area contributed by atoms with Gasteiger partial charge < -0.3 is 19.9 Å². The van der Waals surface area contributed by atoms with Crippen LogP contribution in [0.1, 0.15) is 44.6 Å². The first-order chi connectivity index (χ1) is 16.9. The second-order valence-electron chi connectivity index (χ2n) is 8.50. The molecule has 33 heavy (non-hydrogen) atoms. The van der Waals surface area contributed by atoms with Crippen LogP contribution in [-0.2, 0) is 21.4 Å². The summed E-state index contributed by atoms with van der Waals surface area (Å²) >= 11 is 0. The van der Waals surface area contributed by atoms with E-state index in [4.69, 9.17) is 24.1 Å². The first-order valence-electron chi connectivity index (χ1n) is 12.1. The Hall–Kier alpha value is -3.07. The van der Waals surface area contributed by atoms with Gasteiger partial charge in [-0.2, -0.15) is 0 Å². The number of aromatic nitrogens is 1. The first kappa shape index (κ1) is 19.4. The van der Waals surface area contributed by atoms with Crippen molar-refractivity contribution in [3.63, 3.8) is 0 Å². The van der Waals surface area contributed by atoms with Gasteiger partial charge in [-0.25, -0.2) is 18.8 Å². The zero-order chi connectivity index (χ0) is 26.3. The number of nitrogens with two attached hydrogens (primary N) is 1. The van der Waals surface area contributed by atoms with Crippen LogP contribution in [-0.4, -0.2) is 49.3 Å². The lowest BCUT2D eigenvalue weighted by Gasteiger charge is -2.46. The Labute approximate surface area is 195 Å². The number of carbonyl (C=O) groups excluding carboxylic acids is 1. The molecule has 3 heterocycles. The van der Waals surface area contributed by atoms with E-state index in [-0.39, 0.29) is 47.9 Å². The molecule has 0 aliphatic carbocycles. The lowest BCUT2D eigenvalue weighted by atomic mass is 9.73. The Morgan fingerprint density at radius 1 is 1.42 bits per heavy atom. The third-order valence-electron chi connectivity index (χ3n) is 6.27. The van der Waals surface area contributed by atoms with Gasteiger partial charge in [0, 0.05) is 18.4 Å². The number of hydrogen-bond donors (Lipinski definition) is 1. The number of nitrogens with zero attached hydrogens (tertiary/aromatic N) is 2. The summed E-state index contributed by atoms with van der Waals surface area (Å²) in [4.78, 5) is 21.3. The number of methoxy groups -OCH3 is 1. The second kappa shape index (κ2) is 9.05. The SMILES string of the molecule is [2H]C([2H])([2H])Oc1cnc(C(=O)Cc2ccc(F)c([C@@]3(CF)N=C(N)O[C@@H]4C[C@@H](C)OC[C@@H]43)c2)c(C)c1. The summed E-state index contributed by atoms with van der Waals surface area (Å²) in [6.07, 6.45) is 0.837. The molecule has 1 aromatic carbocycles. The predicted molar refractivity (Wildman–Crippen MR) is 118 cm³/mol. The zero-order valence-electron chi connectivity index (χ0n) is 21.3. The van der Waals surface area contributed by atoms with E-state index >= 15 is 4.39 Å². The van der Waals surface area contributed by atoms with Gasteiger partial charge in [0.05, 0.1) is 36.0 Å². The molecular formula is C24H27F2N3O4. The molecule has 2 aliphatic rings. The predicted octanol–water partition coefficient (Wildman–Crippen LogP) is 3.27. The summed E-state index contributed by atoms with van der Waals surface area (Å²) in [5, 5.41) is 0. The highest BCUT2D eigenvalue weighted by molar-refractivity contribution is 5.97. The molecule has 1 fully saturated rings. The minimum Gasteiger partial charge on any atom is -0.495 e. The number of carbonyl (C=O) groups is 1. The number of aryl methyl sites for hydroxylation is 1. The average molecular weight is 463 g/mol. The quantitative estimate of drug-likeness (QED) is 0.662. The van der Waals surface area contributed by atoms with Crippen molar-refractivity contribution < 1.29 is 31.9 Å². The Morgan fingerprint density at radius 2 is 2.24 bits per heavy atom. The number of ether oxygens (including phenoxy) is 3. The van der Waals surface area contributed by atoms with Crippen molar-refractivity contribution >= 4 is 11.8 Å². The molecule has 176 valence electrons. The number of aliphatic imine (C=N–C) groups is 1. The number of Topliss-reactive ketones (excluding diaryl/α,β-unsaturated/α-hetero) is 1. The number of halogens is 2.